The molecule has 1 amide bonds. The summed E-state index contributed by atoms with van der Waals surface area (Å²) in [6, 6.07) is 29.3. The van der Waals surface area contributed by atoms with Crippen molar-refractivity contribution in [3.05, 3.63) is 120 Å². The van der Waals surface area contributed by atoms with Crippen LogP contribution in [0, 0.1) is 0 Å². The van der Waals surface area contributed by atoms with Crippen LogP contribution in [0.1, 0.15) is 10.4 Å². The van der Waals surface area contributed by atoms with E-state index in [1.807, 2.05) is 30.3 Å². The number of halogens is 1. The molecule has 0 heterocycles. The molecular formula is C29H29ClN4O5S2. The molecular weight excluding hydrogens is 584 g/mol. The quantitative estimate of drug-likeness (QED) is 0.193. The lowest BCUT2D eigenvalue weighted by Gasteiger charge is -2.25. The molecule has 0 unspecified atom stereocenters. The van der Waals surface area contributed by atoms with Gasteiger partial charge in [-0.2, -0.15) is 0 Å². The minimum absolute atomic E-state index is 0.000195. The molecule has 12 heteroatoms. The summed E-state index contributed by atoms with van der Waals surface area (Å²) in [4.78, 5) is 12.9. The maximum atomic E-state index is 14.0. The first kappa shape index (κ1) is 30.1. The second-order valence-corrected chi connectivity index (χ2v) is 12.8. The van der Waals surface area contributed by atoms with E-state index in [1.165, 1.54) is 42.5 Å². The maximum absolute atomic E-state index is 14.0. The zero-order valence-electron chi connectivity index (χ0n) is 21.9. The van der Waals surface area contributed by atoms with Gasteiger partial charge in [-0.3, -0.25) is 9.10 Å². The van der Waals surface area contributed by atoms with Gasteiger partial charge in [-0.1, -0.05) is 60.1 Å². The van der Waals surface area contributed by atoms with E-state index in [9.17, 15) is 21.6 Å². The van der Waals surface area contributed by atoms with Crippen molar-refractivity contribution in [1.82, 2.24) is 10.0 Å². The van der Waals surface area contributed by atoms with Gasteiger partial charge in [-0.05, 0) is 60.7 Å². The Bertz CT molecular complexity index is 1670. The topological polar surface area (TPSA) is 125 Å². The van der Waals surface area contributed by atoms with E-state index in [2.05, 4.69) is 15.4 Å². The van der Waals surface area contributed by atoms with Gasteiger partial charge in [0.05, 0.1) is 16.1 Å². The average Bonchev–Trinajstić information content (AvgIpc) is 2.98. The van der Waals surface area contributed by atoms with E-state index in [4.69, 9.17) is 11.6 Å². The Balaban J connectivity index is 1.52. The third-order valence-corrected chi connectivity index (χ3v) is 9.60. The number of carbonyl (C=O) groups is 1. The normalized spacial score (nSPS) is 11.5. The molecule has 0 saturated heterocycles. The molecule has 0 aliphatic heterocycles. The lowest BCUT2D eigenvalue weighted by Crippen LogP contribution is -2.39. The largest absolute Gasteiger partial charge is 0.383 e. The third-order valence-electron chi connectivity index (χ3n) is 5.99. The van der Waals surface area contributed by atoms with Gasteiger partial charge >= 0.3 is 0 Å². The number of anilines is 2. The lowest BCUT2D eigenvalue weighted by molar-refractivity contribution is 0.0952. The number of benzene rings is 4. The number of hydrogen-bond donors (Lipinski definition) is 3. The molecule has 0 aliphatic rings. The number of sulfonamides is 2. The Labute approximate surface area is 245 Å². The molecule has 0 aromatic heterocycles. The summed E-state index contributed by atoms with van der Waals surface area (Å²) in [5.41, 5.74) is 1.20. The third kappa shape index (κ3) is 7.86. The van der Waals surface area contributed by atoms with Gasteiger partial charge in [0.2, 0.25) is 10.0 Å². The second kappa shape index (κ2) is 13.6. The number of nitrogens with zero attached hydrogens (tertiary/aromatic N) is 1. The number of nitrogens with one attached hydrogen (secondary N) is 3. The molecule has 41 heavy (non-hydrogen) atoms. The Kier molecular flexibility index (Phi) is 10.0. The van der Waals surface area contributed by atoms with Crippen LogP contribution in [0.25, 0.3) is 0 Å². The molecule has 4 aromatic rings. The number of amides is 1. The van der Waals surface area contributed by atoms with E-state index >= 15 is 0 Å². The molecule has 0 spiro atoms. The van der Waals surface area contributed by atoms with Crippen molar-refractivity contribution in [2.75, 3.05) is 35.8 Å². The second-order valence-electron chi connectivity index (χ2n) is 8.81. The molecule has 0 atom stereocenters. The summed E-state index contributed by atoms with van der Waals surface area (Å²) < 4.78 is 57.0. The van der Waals surface area contributed by atoms with Crippen LogP contribution in [0.3, 0.4) is 0 Å². The summed E-state index contributed by atoms with van der Waals surface area (Å²) in [5.74, 6) is -0.546. The van der Waals surface area contributed by atoms with Crippen molar-refractivity contribution >= 4 is 48.9 Å². The van der Waals surface area contributed by atoms with Gasteiger partial charge in [-0.25, -0.2) is 21.6 Å². The summed E-state index contributed by atoms with van der Waals surface area (Å²) in [5, 5.41) is 6.33. The zero-order chi connectivity index (χ0) is 29.3. The molecule has 0 aliphatic carbocycles. The number of para-hydroxylation sites is 2. The molecule has 214 valence electrons. The molecule has 4 rings (SSSR count). The number of rotatable bonds is 13. The molecule has 0 radical (unpaired) electrons. The highest BCUT2D eigenvalue weighted by Crippen LogP contribution is 2.26. The van der Waals surface area contributed by atoms with Crippen LogP contribution in [-0.4, -0.2) is 48.9 Å². The summed E-state index contributed by atoms with van der Waals surface area (Å²) in [7, 11) is -8.21. The van der Waals surface area contributed by atoms with Crippen molar-refractivity contribution in [2.45, 2.75) is 9.79 Å². The van der Waals surface area contributed by atoms with Gasteiger partial charge in [0.25, 0.3) is 15.9 Å². The SMILES string of the molecule is O=C(NCCNc1ccccc1)c1ccccc1S(=O)(=O)N(CCNS(=O)(=O)c1ccc(Cl)cc1)c1ccccc1. The summed E-state index contributed by atoms with van der Waals surface area (Å²) >= 11 is 5.86. The minimum Gasteiger partial charge on any atom is -0.383 e. The van der Waals surface area contributed by atoms with Crippen LogP contribution in [0.2, 0.25) is 5.02 Å². The molecule has 4 aromatic carbocycles. The van der Waals surface area contributed by atoms with E-state index < -0.39 is 26.0 Å². The summed E-state index contributed by atoms with van der Waals surface area (Å²) in [6.45, 7) is 0.250. The maximum Gasteiger partial charge on any atom is 0.265 e. The minimum atomic E-state index is -4.29. The first-order chi connectivity index (χ1) is 19.7. The van der Waals surface area contributed by atoms with Crippen LogP contribution >= 0.6 is 11.6 Å². The van der Waals surface area contributed by atoms with Gasteiger partial charge in [-0.15, -0.1) is 0 Å². The summed E-state index contributed by atoms with van der Waals surface area (Å²) in [6.07, 6.45) is 0. The van der Waals surface area contributed by atoms with Gasteiger partial charge in [0, 0.05) is 36.9 Å². The highest BCUT2D eigenvalue weighted by molar-refractivity contribution is 7.93. The van der Waals surface area contributed by atoms with E-state index in [-0.39, 0.29) is 35.0 Å². The van der Waals surface area contributed by atoms with Crippen molar-refractivity contribution in [1.29, 1.82) is 0 Å². The fourth-order valence-electron chi connectivity index (χ4n) is 3.99. The van der Waals surface area contributed by atoms with Crippen LogP contribution in [-0.2, 0) is 20.0 Å². The predicted octanol–water partition coefficient (Wildman–Crippen LogP) is 4.36. The zero-order valence-corrected chi connectivity index (χ0v) is 24.3. The molecule has 0 bridgehead atoms. The smallest absolute Gasteiger partial charge is 0.265 e. The van der Waals surface area contributed by atoms with Crippen molar-refractivity contribution < 1.29 is 21.6 Å². The Morgan fingerprint density at radius 2 is 1.32 bits per heavy atom. The number of carbonyl (C=O) groups excluding carboxylic acids is 1. The van der Waals surface area contributed by atoms with Crippen LogP contribution in [0.15, 0.2) is 119 Å². The molecule has 3 N–H and O–H groups in total. The van der Waals surface area contributed by atoms with Crippen molar-refractivity contribution in [2.24, 2.45) is 0 Å². The standard InChI is InChI=1S/C29H29ClN4O5S2/c30-23-15-17-26(18-16-23)40(36,37)33-21-22-34(25-11-5-2-6-12-25)41(38,39)28-14-8-7-13-27(28)29(35)32-20-19-31-24-9-3-1-4-10-24/h1-18,31,33H,19-22H2,(H,32,35). The fourth-order valence-corrected chi connectivity index (χ4v) is 6.80. The van der Waals surface area contributed by atoms with Gasteiger partial charge in [0.15, 0.2) is 0 Å². The van der Waals surface area contributed by atoms with Crippen LogP contribution < -0.4 is 19.7 Å². The molecule has 9 nitrogen and oxygen atoms in total. The fraction of sp³-hybridized carbons (Fsp3) is 0.138. The molecule has 0 fully saturated rings. The Hall–Kier alpha value is -3.90. The first-order valence-electron chi connectivity index (χ1n) is 12.7. The van der Waals surface area contributed by atoms with Crippen molar-refractivity contribution in [3.63, 3.8) is 0 Å². The van der Waals surface area contributed by atoms with Gasteiger partial charge < -0.3 is 10.6 Å². The highest BCUT2D eigenvalue weighted by atomic mass is 35.5. The van der Waals surface area contributed by atoms with Crippen LogP contribution in [0.4, 0.5) is 11.4 Å². The predicted molar refractivity (Wildman–Crippen MR) is 161 cm³/mol. The first-order valence-corrected chi connectivity index (χ1v) is 16.0. The Morgan fingerprint density at radius 3 is 2.00 bits per heavy atom. The van der Waals surface area contributed by atoms with E-state index in [1.54, 1.807) is 36.4 Å². The van der Waals surface area contributed by atoms with Gasteiger partial charge in [0.1, 0.15) is 4.90 Å². The highest BCUT2D eigenvalue weighted by Gasteiger charge is 2.29. The van der Waals surface area contributed by atoms with E-state index in [0.29, 0.717) is 17.3 Å². The van der Waals surface area contributed by atoms with E-state index in [0.717, 1.165) is 9.99 Å². The number of hydrogen-bond acceptors (Lipinski definition) is 6. The van der Waals surface area contributed by atoms with Crippen molar-refractivity contribution in [3.8, 4) is 0 Å². The Morgan fingerprint density at radius 1 is 0.707 bits per heavy atom. The van der Waals surface area contributed by atoms with Crippen LogP contribution in [0.5, 0.6) is 0 Å². The molecule has 0 saturated carbocycles. The monoisotopic (exact) mass is 612 g/mol. The average molecular weight is 613 g/mol. The lowest BCUT2D eigenvalue weighted by atomic mass is 10.2.